The molecule has 2 heterocycles. The summed E-state index contributed by atoms with van der Waals surface area (Å²) in [5, 5.41) is 18.0. The number of fused-ring (bicyclic) bond motifs is 1. The zero-order valence-electron chi connectivity index (χ0n) is 18.1. The fourth-order valence-electron chi connectivity index (χ4n) is 4.26. The van der Waals surface area contributed by atoms with Crippen molar-refractivity contribution in [2.45, 2.75) is 51.3 Å². The Balaban J connectivity index is 1.31. The molecule has 0 radical (unpaired) electrons. The molecule has 1 aliphatic rings. The van der Waals surface area contributed by atoms with Crippen LogP contribution in [0.5, 0.6) is 0 Å². The van der Waals surface area contributed by atoms with Crippen molar-refractivity contribution in [3.05, 3.63) is 66.0 Å². The Hall–Kier alpha value is -3.03. The van der Waals surface area contributed by atoms with E-state index in [1.165, 1.54) is 5.56 Å². The second-order valence-electron chi connectivity index (χ2n) is 8.39. The number of rotatable bonds is 6. The van der Waals surface area contributed by atoms with Crippen molar-refractivity contribution in [2.24, 2.45) is 0 Å². The quantitative estimate of drug-likeness (QED) is 0.369. The van der Waals surface area contributed by atoms with Crippen molar-refractivity contribution in [1.82, 2.24) is 15.0 Å². The zero-order valence-corrected chi connectivity index (χ0v) is 18.9. The highest BCUT2D eigenvalue weighted by Gasteiger charge is 2.23. The number of aryl methyl sites for hydroxylation is 1. The van der Waals surface area contributed by atoms with E-state index in [4.69, 9.17) is 9.97 Å². The summed E-state index contributed by atoms with van der Waals surface area (Å²) < 4.78 is 1.15. The summed E-state index contributed by atoms with van der Waals surface area (Å²) >= 11 is 1.65. The molecule has 1 saturated carbocycles. The summed E-state index contributed by atoms with van der Waals surface area (Å²) in [7, 11) is 0. The second kappa shape index (κ2) is 9.22. The van der Waals surface area contributed by atoms with Crippen LogP contribution >= 0.6 is 11.3 Å². The molecule has 3 N–H and O–H groups in total. The molecule has 0 amide bonds. The minimum atomic E-state index is -0.288. The van der Waals surface area contributed by atoms with Gasteiger partial charge in [0.15, 0.2) is 5.13 Å². The zero-order chi connectivity index (χ0) is 21.9. The summed E-state index contributed by atoms with van der Waals surface area (Å²) in [6.45, 7) is 2.76. The van der Waals surface area contributed by atoms with Crippen molar-refractivity contribution < 1.29 is 5.11 Å². The number of aromatic nitrogens is 3. The number of aliphatic hydroxyl groups excluding tert-OH is 1. The topological polar surface area (TPSA) is 83.0 Å². The Morgan fingerprint density at radius 1 is 1.06 bits per heavy atom. The number of anilines is 2. The van der Waals surface area contributed by atoms with Gasteiger partial charge in [-0.1, -0.05) is 60.6 Å². The Morgan fingerprint density at radius 3 is 2.75 bits per heavy atom. The number of hydrogen-bond donors (Lipinski definition) is 3. The monoisotopic (exact) mass is 445 g/mol. The molecule has 0 saturated heterocycles. The third-order valence-corrected chi connectivity index (χ3v) is 6.89. The highest BCUT2D eigenvalue weighted by molar-refractivity contribution is 7.22. The van der Waals surface area contributed by atoms with Crippen LogP contribution in [0, 0.1) is 6.92 Å². The van der Waals surface area contributed by atoms with E-state index in [9.17, 15) is 5.11 Å². The van der Waals surface area contributed by atoms with Gasteiger partial charge in [-0.2, -0.15) is 0 Å². The van der Waals surface area contributed by atoms with E-state index in [1.807, 2.05) is 30.3 Å². The number of thiazole rings is 1. The van der Waals surface area contributed by atoms with Gasteiger partial charge in [0.05, 0.1) is 40.5 Å². The first kappa shape index (κ1) is 20.8. The summed E-state index contributed by atoms with van der Waals surface area (Å²) in [4.78, 5) is 13.8. The maximum atomic E-state index is 10.3. The van der Waals surface area contributed by atoms with Crippen LogP contribution < -0.4 is 10.6 Å². The summed E-state index contributed by atoms with van der Waals surface area (Å²) in [6, 6.07) is 14.5. The van der Waals surface area contributed by atoms with E-state index in [0.29, 0.717) is 6.54 Å². The minimum absolute atomic E-state index is 0.0984. The Bertz CT molecular complexity index is 1210. The molecule has 2 aromatic carbocycles. The van der Waals surface area contributed by atoms with Gasteiger partial charge in [0.1, 0.15) is 5.82 Å². The summed E-state index contributed by atoms with van der Waals surface area (Å²) in [5.41, 5.74) is 5.25. The highest BCUT2D eigenvalue weighted by Crippen LogP contribution is 2.32. The molecule has 1 aliphatic carbocycles. The molecule has 0 spiro atoms. The molecule has 4 aromatic rings. The van der Waals surface area contributed by atoms with E-state index in [0.717, 1.165) is 63.7 Å². The van der Waals surface area contributed by atoms with Crippen molar-refractivity contribution in [3.8, 4) is 11.3 Å². The third-order valence-electron chi connectivity index (χ3n) is 5.96. The maximum Gasteiger partial charge on any atom is 0.184 e. The molecule has 0 unspecified atom stereocenters. The SMILES string of the molecule is Cc1cc(CNc2cncc(-c3ccccc3)n2)cc2sc(N[C@H]3CCCC[C@@H]3O)nc12. The van der Waals surface area contributed by atoms with Gasteiger partial charge >= 0.3 is 0 Å². The molecule has 6 nitrogen and oxygen atoms in total. The van der Waals surface area contributed by atoms with Crippen LogP contribution in [0.25, 0.3) is 21.5 Å². The summed E-state index contributed by atoms with van der Waals surface area (Å²) in [6.07, 6.45) is 7.37. The maximum absolute atomic E-state index is 10.3. The van der Waals surface area contributed by atoms with Crippen LogP contribution in [0.1, 0.15) is 36.8 Å². The van der Waals surface area contributed by atoms with Gasteiger partial charge < -0.3 is 15.7 Å². The van der Waals surface area contributed by atoms with Crippen molar-refractivity contribution in [1.29, 1.82) is 0 Å². The Morgan fingerprint density at radius 2 is 1.91 bits per heavy atom. The lowest BCUT2D eigenvalue weighted by Gasteiger charge is -2.27. The van der Waals surface area contributed by atoms with Crippen molar-refractivity contribution in [3.63, 3.8) is 0 Å². The normalized spacial score (nSPS) is 18.6. The smallest absolute Gasteiger partial charge is 0.184 e. The van der Waals surface area contributed by atoms with E-state index in [2.05, 4.69) is 34.7 Å². The van der Waals surface area contributed by atoms with Crippen molar-refractivity contribution >= 4 is 32.5 Å². The third kappa shape index (κ3) is 4.59. The molecular weight excluding hydrogens is 418 g/mol. The Kier molecular flexibility index (Phi) is 6.01. The van der Waals surface area contributed by atoms with Crippen molar-refractivity contribution in [2.75, 3.05) is 10.6 Å². The van der Waals surface area contributed by atoms with Gasteiger partial charge in [-0.05, 0) is 37.0 Å². The van der Waals surface area contributed by atoms with Gasteiger partial charge in [0, 0.05) is 12.1 Å². The molecule has 32 heavy (non-hydrogen) atoms. The van der Waals surface area contributed by atoms with Crippen LogP contribution in [-0.4, -0.2) is 32.2 Å². The average Bonchev–Trinajstić information content (AvgIpc) is 3.23. The first-order valence-corrected chi connectivity index (χ1v) is 11.9. The molecule has 2 atom stereocenters. The molecule has 2 aromatic heterocycles. The van der Waals surface area contributed by atoms with Crippen LogP contribution in [0.2, 0.25) is 0 Å². The largest absolute Gasteiger partial charge is 0.391 e. The highest BCUT2D eigenvalue weighted by atomic mass is 32.1. The molecule has 5 rings (SSSR count). The molecule has 1 fully saturated rings. The average molecular weight is 446 g/mol. The predicted octanol–water partition coefficient (Wildman–Crippen LogP) is 5.39. The standard InChI is InChI=1S/C25H27N5OS/c1-16-11-17(13-27-23-15-26-14-20(28-23)18-7-3-2-4-8-18)12-22-24(16)30-25(32-22)29-19-9-5-6-10-21(19)31/h2-4,7-8,11-12,14-15,19,21,31H,5-6,9-10,13H2,1H3,(H,27,28)(H,29,30)/t19-,21-/m0/s1. The van der Waals surface area contributed by atoms with E-state index in [1.54, 1.807) is 23.7 Å². The van der Waals surface area contributed by atoms with Gasteiger partial charge in [-0.15, -0.1) is 0 Å². The minimum Gasteiger partial charge on any atom is -0.391 e. The van der Waals surface area contributed by atoms with E-state index in [-0.39, 0.29) is 12.1 Å². The van der Waals surface area contributed by atoms with Gasteiger partial charge in [0.25, 0.3) is 0 Å². The van der Waals surface area contributed by atoms with Gasteiger partial charge in [-0.25, -0.2) is 9.97 Å². The lowest BCUT2D eigenvalue weighted by atomic mass is 9.93. The van der Waals surface area contributed by atoms with Crippen LogP contribution in [0.15, 0.2) is 54.9 Å². The number of aliphatic hydroxyl groups is 1. The molecule has 0 aliphatic heterocycles. The lowest BCUT2D eigenvalue weighted by Crippen LogP contribution is -2.36. The molecule has 7 heteroatoms. The first-order chi connectivity index (χ1) is 15.7. The fraction of sp³-hybridized carbons (Fsp3) is 0.320. The van der Waals surface area contributed by atoms with Crippen LogP contribution in [-0.2, 0) is 6.54 Å². The van der Waals surface area contributed by atoms with Crippen LogP contribution in [0.4, 0.5) is 10.9 Å². The molecule has 164 valence electrons. The number of hydrogen-bond acceptors (Lipinski definition) is 7. The number of benzene rings is 2. The Labute approximate surface area is 191 Å². The molecule has 0 bridgehead atoms. The van der Waals surface area contributed by atoms with Crippen LogP contribution in [0.3, 0.4) is 0 Å². The fourth-order valence-corrected chi connectivity index (χ4v) is 5.33. The van der Waals surface area contributed by atoms with E-state index >= 15 is 0 Å². The number of nitrogens with one attached hydrogen (secondary N) is 2. The predicted molar refractivity (Wildman–Crippen MR) is 131 cm³/mol. The van der Waals surface area contributed by atoms with Gasteiger partial charge in [-0.3, -0.25) is 4.98 Å². The lowest BCUT2D eigenvalue weighted by molar-refractivity contribution is 0.116. The number of nitrogens with zero attached hydrogens (tertiary/aromatic N) is 3. The summed E-state index contributed by atoms with van der Waals surface area (Å²) in [5.74, 6) is 0.752. The van der Waals surface area contributed by atoms with Gasteiger partial charge in [0.2, 0.25) is 0 Å². The first-order valence-electron chi connectivity index (χ1n) is 11.1. The molecular formula is C25H27N5OS. The van der Waals surface area contributed by atoms with E-state index < -0.39 is 0 Å². The second-order valence-corrected chi connectivity index (χ2v) is 9.42.